The molecule has 0 atom stereocenters. The summed E-state index contributed by atoms with van der Waals surface area (Å²) >= 11 is 5.60. The normalized spacial score (nSPS) is 15.6. The van der Waals surface area contributed by atoms with Crippen LogP contribution >= 0.6 is 11.6 Å². The highest BCUT2D eigenvalue weighted by Gasteiger charge is 2.39. The van der Waals surface area contributed by atoms with Gasteiger partial charge in [0.1, 0.15) is 4.90 Å². The van der Waals surface area contributed by atoms with Crippen molar-refractivity contribution in [2.45, 2.75) is 30.2 Å². The second-order valence-corrected chi connectivity index (χ2v) is 6.81. The predicted octanol–water partition coefficient (Wildman–Crippen LogP) is 2.11. The number of sulfonamides is 1. The fraction of sp³-hybridized carbons (Fsp3) is 0.417. The molecule has 1 aliphatic rings. The third kappa shape index (κ3) is 3.11. The van der Waals surface area contributed by atoms with E-state index in [4.69, 9.17) is 16.7 Å². The third-order valence-electron chi connectivity index (χ3n) is 3.00. The Balaban J connectivity index is 2.35. The van der Waals surface area contributed by atoms with Gasteiger partial charge in [0.15, 0.2) is 5.82 Å². The van der Waals surface area contributed by atoms with Gasteiger partial charge in [-0.25, -0.2) is 12.8 Å². The maximum atomic E-state index is 13.9. The molecule has 1 aromatic rings. The van der Waals surface area contributed by atoms with Gasteiger partial charge in [-0.05, 0) is 25.0 Å². The predicted molar refractivity (Wildman–Crippen MR) is 70.6 cm³/mol. The summed E-state index contributed by atoms with van der Waals surface area (Å²) in [7, 11) is -4.08. The van der Waals surface area contributed by atoms with E-state index >= 15 is 0 Å². The zero-order valence-corrected chi connectivity index (χ0v) is 12.0. The maximum Gasteiger partial charge on any atom is 0.304 e. The largest absolute Gasteiger partial charge is 0.481 e. The first-order chi connectivity index (χ1) is 9.34. The van der Waals surface area contributed by atoms with Crippen molar-refractivity contribution < 1.29 is 22.7 Å². The van der Waals surface area contributed by atoms with E-state index in [9.17, 15) is 17.6 Å². The molecule has 0 saturated heterocycles. The van der Waals surface area contributed by atoms with Gasteiger partial charge in [-0.3, -0.25) is 4.79 Å². The molecule has 5 nitrogen and oxygen atoms in total. The van der Waals surface area contributed by atoms with Crippen molar-refractivity contribution in [3.05, 3.63) is 29.0 Å². The topological polar surface area (TPSA) is 74.7 Å². The fourth-order valence-corrected chi connectivity index (χ4v) is 3.88. The number of rotatable bonds is 6. The van der Waals surface area contributed by atoms with Gasteiger partial charge in [-0.2, -0.15) is 4.31 Å². The monoisotopic (exact) mass is 321 g/mol. The van der Waals surface area contributed by atoms with Crippen LogP contribution in [-0.2, 0) is 14.8 Å². The second kappa shape index (κ2) is 5.67. The van der Waals surface area contributed by atoms with Gasteiger partial charge in [-0.1, -0.05) is 17.7 Å². The molecule has 1 N–H and O–H groups in total. The van der Waals surface area contributed by atoms with Crippen LogP contribution in [0.25, 0.3) is 0 Å². The van der Waals surface area contributed by atoms with Gasteiger partial charge in [0.2, 0.25) is 10.0 Å². The van der Waals surface area contributed by atoms with Gasteiger partial charge in [0, 0.05) is 12.6 Å². The minimum atomic E-state index is -4.08. The van der Waals surface area contributed by atoms with Crippen LogP contribution in [0.1, 0.15) is 19.3 Å². The first-order valence-electron chi connectivity index (χ1n) is 6.01. The summed E-state index contributed by atoms with van der Waals surface area (Å²) in [5.74, 6) is -2.10. The van der Waals surface area contributed by atoms with E-state index in [0.717, 1.165) is 10.4 Å². The van der Waals surface area contributed by atoms with Gasteiger partial charge < -0.3 is 5.11 Å². The molecule has 1 aliphatic carbocycles. The molecular formula is C12H13ClFNO4S. The Hall–Kier alpha value is -1.18. The molecule has 1 saturated carbocycles. The molecular weight excluding hydrogens is 309 g/mol. The number of carboxylic acid groups (broad SMARTS) is 1. The molecule has 1 fully saturated rings. The third-order valence-corrected chi connectivity index (χ3v) is 5.26. The number of halogens is 2. The Morgan fingerprint density at radius 1 is 1.45 bits per heavy atom. The lowest BCUT2D eigenvalue weighted by Crippen LogP contribution is -2.35. The summed E-state index contributed by atoms with van der Waals surface area (Å²) in [5.41, 5.74) is 0. The van der Waals surface area contributed by atoms with Crippen LogP contribution in [0.2, 0.25) is 5.02 Å². The Morgan fingerprint density at radius 3 is 2.65 bits per heavy atom. The van der Waals surface area contributed by atoms with Gasteiger partial charge in [-0.15, -0.1) is 0 Å². The van der Waals surface area contributed by atoms with Crippen molar-refractivity contribution in [1.82, 2.24) is 4.31 Å². The number of benzene rings is 1. The standard InChI is InChI=1S/C12H13ClFNO4S/c13-9-2-1-3-10(12(9)14)20(18,19)15(8-4-5-8)7-6-11(16)17/h1-3,8H,4-7H2,(H,16,17). The van der Waals surface area contributed by atoms with Crippen LogP contribution in [0.15, 0.2) is 23.1 Å². The van der Waals surface area contributed by atoms with Crippen LogP contribution in [0, 0.1) is 5.82 Å². The number of hydrogen-bond acceptors (Lipinski definition) is 3. The zero-order valence-electron chi connectivity index (χ0n) is 10.4. The van der Waals surface area contributed by atoms with E-state index in [1.54, 1.807) is 0 Å². The molecule has 8 heteroatoms. The molecule has 0 spiro atoms. The van der Waals surface area contributed by atoms with E-state index in [2.05, 4.69) is 0 Å². The van der Waals surface area contributed by atoms with E-state index in [-0.39, 0.29) is 24.0 Å². The summed E-state index contributed by atoms with van der Waals surface area (Å²) in [6.45, 7) is -0.172. The summed E-state index contributed by atoms with van der Waals surface area (Å²) in [6, 6.07) is 3.49. The molecule has 0 heterocycles. The van der Waals surface area contributed by atoms with Gasteiger partial charge in [0.05, 0.1) is 11.4 Å². The SMILES string of the molecule is O=C(O)CCN(C1CC1)S(=O)(=O)c1cccc(Cl)c1F. The number of aliphatic carboxylic acids is 1. The minimum absolute atomic E-state index is 0.172. The van der Waals surface area contributed by atoms with Gasteiger partial charge >= 0.3 is 5.97 Å². The number of carboxylic acids is 1. The maximum absolute atomic E-state index is 13.9. The minimum Gasteiger partial charge on any atom is -0.481 e. The van der Waals surface area contributed by atoms with Gasteiger partial charge in [0.25, 0.3) is 0 Å². The van der Waals surface area contributed by atoms with Crippen molar-refractivity contribution in [2.75, 3.05) is 6.54 Å². The van der Waals surface area contributed by atoms with Crippen LogP contribution in [0.5, 0.6) is 0 Å². The molecule has 2 rings (SSSR count). The van der Waals surface area contributed by atoms with Crippen molar-refractivity contribution in [3.8, 4) is 0 Å². The fourth-order valence-electron chi connectivity index (χ4n) is 1.88. The average molecular weight is 322 g/mol. The Kier molecular flexibility index (Phi) is 4.31. The Labute approximate surface area is 121 Å². The first kappa shape index (κ1) is 15.2. The van der Waals surface area contributed by atoms with Crippen molar-refractivity contribution in [2.24, 2.45) is 0 Å². The average Bonchev–Trinajstić information content (AvgIpc) is 3.16. The van der Waals surface area contributed by atoms with Crippen LogP contribution in [0.4, 0.5) is 4.39 Å². The van der Waals surface area contributed by atoms with Crippen molar-refractivity contribution in [1.29, 1.82) is 0 Å². The highest BCUT2D eigenvalue weighted by Crippen LogP contribution is 2.34. The zero-order chi connectivity index (χ0) is 14.9. The number of hydrogen-bond donors (Lipinski definition) is 1. The highest BCUT2D eigenvalue weighted by molar-refractivity contribution is 7.89. The summed E-state index contributed by atoms with van der Waals surface area (Å²) < 4.78 is 39.8. The molecule has 0 unspecified atom stereocenters. The lowest BCUT2D eigenvalue weighted by molar-refractivity contribution is -0.137. The molecule has 0 radical (unpaired) electrons. The molecule has 20 heavy (non-hydrogen) atoms. The molecule has 0 amide bonds. The van der Waals surface area contributed by atoms with Crippen LogP contribution in [-0.4, -0.2) is 36.4 Å². The van der Waals surface area contributed by atoms with E-state index in [1.165, 1.54) is 12.1 Å². The lowest BCUT2D eigenvalue weighted by atomic mass is 10.3. The van der Waals surface area contributed by atoms with Crippen LogP contribution in [0.3, 0.4) is 0 Å². The highest BCUT2D eigenvalue weighted by atomic mass is 35.5. The molecule has 1 aromatic carbocycles. The van der Waals surface area contributed by atoms with E-state index in [1.807, 2.05) is 0 Å². The smallest absolute Gasteiger partial charge is 0.304 e. The summed E-state index contributed by atoms with van der Waals surface area (Å²) in [5, 5.41) is 8.41. The summed E-state index contributed by atoms with van der Waals surface area (Å²) in [4.78, 5) is 10.1. The van der Waals surface area contributed by atoms with E-state index < -0.39 is 26.7 Å². The quantitative estimate of drug-likeness (QED) is 0.870. The second-order valence-electron chi connectivity index (χ2n) is 4.54. The van der Waals surface area contributed by atoms with Crippen LogP contribution < -0.4 is 0 Å². The Bertz CT molecular complexity index is 630. The van der Waals surface area contributed by atoms with E-state index in [0.29, 0.717) is 12.8 Å². The number of nitrogens with zero attached hydrogens (tertiary/aromatic N) is 1. The van der Waals surface area contributed by atoms with Crippen molar-refractivity contribution in [3.63, 3.8) is 0 Å². The summed E-state index contributed by atoms with van der Waals surface area (Å²) in [6.07, 6.45) is 0.986. The number of carbonyl (C=O) groups is 1. The Morgan fingerprint density at radius 2 is 2.10 bits per heavy atom. The molecule has 0 aliphatic heterocycles. The lowest BCUT2D eigenvalue weighted by Gasteiger charge is -2.21. The van der Waals surface area contributed by atoms with Crippen molar-refractivity contribution >= 4 is 27.6 Å². The first-order valence-corrected chi connectivity index (χ1v) is 7.83. The molecule has 0 aromatic heterocycles. The molecule has 110 valence electrons. The molecule has 0 bridgehead atoms.